The van der Waals surface area contributed by atoms with Crippen LogP contribution in [0.15, 0.2) is 122 Å². The normalized spacial score (nSPS) is 11.7. The molecule has 0 fully saturated rings. The topological polar surface area (TPSA) is 100.0 Å². The van der Waals surface area contributed by atoms with Gasteiger partial charge in [-0.15, -0.1) is 0 Å². The van der Waals surface area contributed by atoms with Gasteiger partial charge in [-0.3, -0.25) is 14.7 Å². The van der Waals surface area contributed by atoms with E-state index in [1.165, 1.54) is 0 Å². The lowest BCUT2D eigenvalue weighted by Gasteiger charge is -2.30. The second-order valence-corrected chi connectivity index (χ2v) is 18.2. The number of nitrogens with zero attached hydrogens (tertiary/aromatic N) is 10. The fraction of sp³-hybridized carbons (Fsp3) is 0.340. The lowest BCUT2D eigenvalue weighted by Crippen LogP contribution is -2.21. The first-order valence-electron chi connectivity index (χ1n) is 22.4. The van der Waals surface area contributed by atoms with Gasteiger partial charge in [-0.2, -0.15) is 0 Å². The van der Waals surface area contributed by atoms with E-state index in [1.54, 1.807) is 0 Å². The van der Waals surface area contributed by atoms with Crippen LogP contribution >= 0.6 is 0 Å². The zero-order valence-electron chi connectivity index (χ0n) is 39.0. The van der Waals surface area contributed by atoms with Crippen molar-refractivity contribution in [3.8, 4) is 0 Å². The molecule has 324 valence electrons. The molecule has 0 N–H and O–H groups in total. The van der Waals surface area contributed by atoms with Crippen molar-refractivity contribution in [3.05, 3.63) is 155 Å². The van der Waals surface area contributed by atoms with E-state index in [0.29, 0.717) is 82.1 Å². The minimum atomic E-state index is 0.312. The van der Waals surface area contributed by atoms with Gasteiger partial charge in [-0.25, -0.2) is 34.9 Å². The predicted octanol–water partition coefficient (Wildman–Crippen LogP) is 14.6. The minimum Gasteiger partial charge on any atom is -0.279 e. The molecule has 63 heavy (non-hydrogen) atoms. The standard InChI is InChI=1S/C53H62N10/c1-33(2)39-13-19-46(54-27-39)61(47-20-14-40(28-55-47)34(3)4)45-25-52(62(48-21-15-41(29-56-48)35(5)6)49-22-16-42(30-57-49)36(7)8)60-53(26-45)63(50-23-17-43(31-58-50)37(9)10)51-24-18-44(32-59-51)38(11)12/h13-38H,1-12H3. The number of anilines is 9. The van der Waals surface area contributed by atoms with Gasteiger partial charge in [-0.05, 0) is 105 Å². The van der Waals surface area contributed by atoms with Gasteiger partial charge >= 0.3 is 0 Å². The van der Waals surface area contributed by atoms with E-state index in [9.17, 15) is 0 Å². The summed E-state index contributed by atoms with van der Waals surface area (Å²) in [4.78, 5) is 42.1. The summed E-state index contributed by atoms with van der Waals surface area (Å²) in [5.74, 6) is 7.18. The summed E-state index contributed by atoms with van der Waals surface area (Å²) in [7, 11) is 0. The quantitative estimate of drug-likeness (QED) is 0.0992. The summed E-state index contributed by atoms with van der Waals surface area (Å²) in [6.45, 7) is 26.1. The Morgan fingerprint density at radius 1 is 0.270 bits per heavy atom. The minimum absolute atomic E-state index is 0.312. The van der Waals surface area contributed by atoms with E-state index in [2.05, 4.69) is 149 Å². The van der Waals surface area contributed by atoms with Gasteiger partial charge in [0, 0.05) is 49.3 Å². The number of hydrogen-bond donors (Lipinski definition) is 0. The highest BCUT2D eigenvalue weighted by atomic mass is 15.3. The molecule has 0 unspecified atom stereocenters. The van der Waals surface area contributed by atoms with Crippen LogP contribution in [-0.4, -0.2) is 34.9 Å². The number of pyridine rings is 7. The average molecular weight is 839 g/mol. The van der Waals surface area contributed by atoms with Crippen molar-refractivity contribution in [3.63, 3.8) is 0 Å². The van der Waals surface area contributed by atoms with E-state index in [-0.39, 0.29) is 0 Å². The fourth-order valence-electron chi connectivity index (χ4n) is 7.16. The number of rotatable bonds is 15. The second kappa shape index (κ2) is 19.2. The summed E-state index contributed by atoms with van der Waals surface area (Å²) in [6.07, 6.45) is 11.7. The first kappa shape index (κ1) is 44.5. The highest BCUT2D eigenvalue weighted by Crippen LogP contribution is 2.43. The molecule has 10 heteroatoms. The Hall–Kier alpha value is -6.55. The van der Waals surface area contributed by atoms with Crippen LogP contribution in [0, 0.1) is 0 Å². The van der Waals surface area contributed by atoms with Gasteiger partial charge in [-0.1, -0.05) is 119 Å². The summed E-state index contributed by atoms with van der Waals surface area (Å²) in [5.41, 5.74) is 7.62. The zero-order valence-corrected chi connectivity index (χ0v) is 39.0. The molecule has 10 nitrogen and oxygen atoms in total. The molecular formula is C53H62N10. The van der Waals surface area contributed by atoms with Crippen LogP contribution < -0.4 is 14.7 Å². The maximum Gasteiger partial charge on any atom is 0.144 e. The number of hydrogen-bond acceptors (Lipinski definition) is 10. The molecule has 7 rings (SSSR count). The molecule has 0 saturated heterocycles. The summed E-state index contributed by atoms with van der Waals surface area (Å²) < 4.78 is 0. The van der Waals surface area contributed by atoms with Crippen LogP contribution in [0.5, 0.6) is 0 Å². The summed E-state index contributed by atoms with van der Waals surface area (Å²) in [6, 6.07) is 29.3. The molecule has 0 saturated carbocycles. The van der Waals surface area contributed by atoms with Crippen LogP contribution in [0.4, 0.5) is 52.2 Å². The molecule has 0 bridgehead atoms. The molecule has 0 radical (unpaired) electrons. The SMILES string of the molecule is CC(C)c1ccc(N(c2cc(N(c3ccc(C(C)C)cn3)c3ccc(C(C)C)cn3)nc(N(c3ccc(C(C)C)cn3)c3ccc(C(C)C)cn3)c2)c2ccc(C(C)C)cn2)nc1. The Morgan fingerprint density at radius 3 is 0.651 bits per heavy atom. The zero-order chi connectivity index (χ0) is 44.9. The van der Waals surface area contributed by atoms with Crippen molar-refractivity contribution in [2.75, 3.05) is 14.7 Å². The van der Waals surface area contributed by atoms with Crippen molar-refractivity contribution < 1.29 is 0 Å². The van der Waals surface area contributed by atoms with Crippen molar-refractivity contribution in [2.24, 2.45) is 0 Å². The highest BCUT2D eigenvalue weighted by Gasteiger charge is 2.27. The van der Waals surface area contributed by atoms with Gasteiger partial charge in [0.1, 0.15) is 46.5 Å². The third-order valence-corrected chi connectivity index (χ3v) is 11.5. The molecule has 0 atom stereocenters. The lowest BCUT2D eigenvalue weighted by atomic mass is 10.1. The van der Waals surface area contributed by atoms with Crippen LogP contribution in [0.3, 0.4) is 0 Å². The maximum absolute atomic E-state index is 5.54. The van der Waals surface area contributed by atoms with Crippen LogP contribution in [0.2, 0.25) is 0 Å². The van der Waals surface area contributed by atoms with Crippen LogP contribution in [0.25, 0.3) is 0 Å². The van der Waals surface area contributed by atoms with Crippen molar-refractivity contribution in [1.82, 2.24) is 34.9 Å². The van der Waals surface area contributed by atoms with Gasteiger partial charge in [0.05, 0.1) is 5.69 Å². The molecular weight excluding hydrogens is 777 g/mol. The van der Waals surface area contributed by atoms with E-state index >= 15 is 0 Å². The molecule has 7 aromatic heterocycles. The highest BCUT2D eigenvalue weighted by molar-refractivity contribution is 5.83. The largest absolute Gasteiger partial charge is 0.279 e. The Labute approximate surface area is 374 Å². The lowest BCUT2D eigenvalue weighted by molar-refractivity contribution is 0.853. The van der Waals surface area contributed by atoms with E-state index in [0.717, 1.165) is 39.1 Å². The van der Waals surface area contributed by atoms with Crippen LogP contribution in [0.1, 0.15) is 152 Å². The van der Waals surface area contributed by atoms with E-state index in [4.69, 9.17) is 34.9 Å². The first-order valence-corrected chi connectivity index (χ1v) is 22.4. The van der Waals surface area contributed by atoms with Gasteiger partial charge in [0.25, 0.3) is 0 Å². The van der Waals surface area contributed by atoms with Gasteiger partial charge in [0.15, 0.2) is 0 Å². The molecule has 7 aromatic rings. The Morgan fingerprint density at radius 2 is 0.476 bits per heavy atom. The molecule has 0 aromatic carbocycles. The predicted molar refractivity (Wildman–Crippen MR) is 260 cm³/mol. The molecule has 0 spiro atoms. The fourth-order valence-corrected chi connectivity index (χ4v) is 7.16. The van der Waals surface area contributed by atoms with Crippen molar-refractivity contribution in [1.29, 1.82) is 0 Å². The Kier molecular flexibility index (Phi) is 13.6. The number of aromatic nitrogens is 7. The Bertz CT molecular complexity index is 2090. The monoisotopic (exact) mass is 839 g/mol. The van der Waals surface area contributed by atoms with Crippen LogP contribution in [-0.2, 0) is 0 Å². The first-order chi connectivity index (χ1) is 30.2. The molecule has 0 aliphatic carbocycles. The third kappa shape index (κ3) is 10.1. The Balaban J connectivity index is 1.55. The average Bonchev–Trinajstić information content (AvgIpc) is 3.28. The van der Waals surface area contributed by atoms with E-state index in [1.807, 2.05) is 71.2 Å². The maximum atomic E-state index is 5.54. The molecule has 0 amide bonds. The third-order valence-electron chi connectivity index (χ3n) is 11.5. The van der Waals surface area contributed by atoms with Gasteiger partial charge < -0.3 is 0 Å². The van der Waals surface area contributed by atoms with E-state index < -0.39 is 0 Å². The van der Waals surface area contributed by atoms with Crippen molar-refractivity contribution >= 4 is 52.2 Å². The van der Waals surface area contributed by atoms with Crippen molar-refractivity contribution in [2.45, 2.75) is 119 Å². The second-order valence-electron chi connectivity index (χ2n) is 18.2. The summed E-state index contributed by atoms with van der Waals surface area (Å²) >= 11 is 0. The summed E-state index contributed by atoms with van der Waals surface area (Å²) in [5, 5.41) is 0. The molecule has 0 aliphatic heterocycles. The van der Waals surface area contributed by atoms with Gasteiger partial charge in [0.2, 0.25) is 0 Å². The molecule has 0 aliphatic rings. The molecule has 7 heterocycles. The smallest absolute Gasteiger partial charge is 0.144 e.